The molecule has 1 atom stereocenters. The Labute approximate surface area is 164 Å². The third-order valence-electron chi connectivity index (χ3n) is 4.92. The number of hydrogen-bond donors (Lipinski definition) is 1. The average molecular weight is 388 g/mol. The average Bonchev–Trinajstić information content (AvgIpc) is 3.48. The van der Waals surface area contributed by atoms with Crippen LogP contribution in [0.1, 0.15) is 64.8 Å². The highest BCUT2D eigenvalue weighted by molar-refractivity contribution is 7.99. The van der Waals surface area contributed by atoms with Crippen molar-refractivity contribution in [1.29, 1.82) is 0 Å². The predicted octanol–water partition coefficient (Wildman–Crippen LogP) is 4.30. The van der Waals surface area contributed by atoms with Crippen LogP contribution in [0.25, 0.3) is 10.9 Å². The van der Waals surface area contributed by atoms with Crippen LogP contribution in [0.15, 0.2) is 34.2 Å². The van der Waals surface area contributed by atoms with Crippen LogP contribution in [0.4, 0.5) is 0 Å². The molecule has 1 aromatic heterocycles. The van der Waals surface area contributed by atoms with Gasteiger partial charge >= 0.3 is 0 Å². The molecule has 0 saturated heterocycles. The van der Waals surface area contributed by atoms with Gasteiger partial charge < -0.3 is 5.32 Å². The van der Waals surface area contributed by atoms with E-state index in [1.807, 2.05) is 24.3 Å². The van der Waals surface area contributed by atoms with Crippen LogP contribution in [-0.4, -0.2) is 27.3 Å². The fraction of sp³-hybridized carbons (Fsp3) is 0.571. The van der Waals surface area contributed by atoms with Crippen LogP contribution in [0.5, 0.6) is 0 Å². The number of aromatic nitrogens is 2. The molecule has 0 bridgehead atoms. The number of benzene rings is 1. The summed E-state index contributed by atoms with van der Waals surface area (Å²) in [4.78, 5) is 29.8. The maximum Gasteiger partial charge on any atom is 0.262 e. The Morgan fingerprint density at radius 2 is 2.07 bits per heavy atom. The van der Waals surface area contributed by atoms with E-state index in [2.05, 4.69) is 24.1 Å². The second kappa shape index (κ2) is 9.40. The topological polar surface area (TPSA) is 64.0 Å². The monoisotopic (exact) mass is 387 g/mol. The van der Waals surface area contributed by atoms with E-state index in [4.69, 9.17) is 0 Å². The van der Waals surface area contributed by atoms with Gasteiger partial charge in [0.2, 0.25) is 5.91 Å². The Hall–Kier alpha value is -1.82. The van der Waals surface area contributed by atoms with Gasteiger partial charge in [0.1, 0.15) is 0 Å². The van der Waals surface area contributed by atoms with Gasteiger partial charge in [-0.15, -0.1) is 0 Å². The SMILES string of the molecule is CCCCCC[C@H](C)NC(=O)CSc1nc2ccccc2c(=O)n1C1CC1. The smallest absolute Gasteiger partial charge is 0.262 e. The van der Waals surface area contributed by atoms with Crippen molar-refractivity contribution >= 4 is 28.6 Å². The molecule has 0 spiro atoms. The maximum absolute atomic E-state index is 12.8. The summed E-state index contributed by atoms with van der Waals surface area (Å²) in [6, 6.07) is 7.85. The lowest BCUT2D eigenvalue weighted by molar-refractivity contribution is -0.119. The quantitative estimate of drug-likeness (QED) is 0.375. The lowest BCUT2D eigenvalue weighted by Gasteiger charge is -2.15. The number of hydrogen-bond acceptors (Lipinski definition) is 4. The summed E-state index contributed by atoms with van der Waals surface area (Å²) >= 11 is 1.37. The first kappa shape index (κ1) is 19.9. The molecule has 6 heteroatoms. The minimum Gasteiger partial charge on any atom is -0.353 e. The van der Waals surface area contributed by atoms with Crippen molar-refractivity contribution in [3.63, 3.8) is 0 Å². The molecule has 2 aromatic rings. The number of nitrogens with zero attached hydrogens (tertiary/aromatic N) is 2. The number of thioether (sulfide) groups is 1. The third-order valence-corrected chi connectivity index (χ3v) is 5.87. The number of carbonyl (C=O) groups is 1. The van der Waals surface area contributed by atoms with E-state index in [0.717, 1.165) is 25.7 Å². The highest BCUT2D eigenvalue weighted by atomic mass is 32.2. The molecule has 27 heavy (non-hydrogen) atoms. The van der Waals surface area contributed by atoms with E-state index in [1.165, 1.54) is 31.0 Å². The lowest BCUT2D eigenvalue weighted by Crippen LogP contribution is -2.34. The Morgan fingerprint density at radius 1 is 1.30 bits per heavy atom. The molecule has 5 nitrogen and oxygen atoms in total. The summed E-state index contributed by atoms with van der Waals surface area (Å²) in [6.45, 7) is 4.26. The zero-order valence-corrected chi connectivity index (χ0v) is 17.1. The number of carbonyl (C=O) groups excluding carboxylic acids is 1. The van der Waals surface area contributed by atoms with E-state index in [9.17, 15) is 9.59 Å². The molecule has 0 aliphatic heterocycles. The van der Waals surface area contributed by atoms with E-state index in [1.54, 1.807) is 4.57 Å². The van der Waals surface area contributed by atoms with E-state index in [-0.39, 0.29) is 29.3 Å². The lowest BCUT2D eigenvalue weighted by atomic mass is 10.1. The summed E-state index contributed by atoms with van der Waals surface area (Å²) in [7, 11) is 0. The van der Waals surface area contributed by atoms with E-state index >= 15 is 0 Å². The van der Waals surface area contributed by atoms with Gasteiger partial charge in [-0.1, -0.05) is 56.5 Å². The van der Waals surface area contributed by atoms with Crippen molar-refractivity contribution in [2.45, 2.75) is 76.0 Å². The molecule has 1 N–H and O–H groups in total. The summed E-state index contributed by atoms with van der Waals surface area (Å²) in [5.41, 5.74) is 0.710. The highest BCUT2D eigenvalue weighted by Gasteiger charge is 2.28. The van der Waals surface area contributed by atoms with Gasteiger partial charge in [0.15, 0.2) is 5.16 Å². The van der Waals surface area contributed by atoms with Gasteiger partial charge in [-0.2, -0.15) is 0 Å². The maximum atomic E-state index is 12.8. The van der Waals surface area contributed by atoms with Crippen molar-refractivity contribution in [1.82, 2.24) is 14.9 Å². The van der Waals surface area contributed by atoms with Gasteiger partial charge in [0.25, 0.3) is 5.56 Å². The summed E-state index contributed by atoms with van der Waals surface area (Å²) < 4.78 is 1.79. The Balaban J connectivity index is 1.62. The third kappa shape index (κ3) is 5.34. The van der Waals surface area contributed by atoms with Crippen molar-refractivity contribution in [2.24, 2.45) is 0 Å². The van der Waals surface area contributed by atoms with Crippen molar-refractivity contribution < 1.29 is 4.79 Å². The highest BCUT2D eigenvalue weighted by Crippen LogP contribution is 2.36. The Bertz CT molecular complexity index is 845. The summed E-state index contributed by atoms with van der Waals surface area (Å²) in [5.74, 6) is 0.296. The number of amides is 1. The molecule has 1 aromatic carbocycles. The molecule has 1 amide bonds. The van der Waals surface area contributed by atoms with Crippen LogP contribution < -0.4 is 10.9 Å². The van der Waals surface area contributed by atoms with Gasteiger partial charge in [-0.25, -0.2) is 4.98 Å². The molecule has 1 heterocycles. The predicted molar refractivity (Wildman–Crippen MR) is 111 cm³/mol. The molecular weight excluding hydrogens is 358 g/mol. The fourth-order valence-corrected chi connectivity index (χ4v) is 4.16. The molecule has 3 rings (SSSR count). The van der Waals surface area contributed by atoms with Gasteiger partial charge in [0, 0.05) is 12.1 Å². The van der Waals surface area contributed by atoms with E-state index < -0.39 is 0 Å². The zero-order chi connectivity index (χ0) is 19.2. The van der Waals surface area contributed by atoms with Crippen LogP contribution in [0, 0.1) is 0 Å². The van der Waals surface area contributed by atoms with Gasteiger partial charge in [-0.3, -0.25) is 14.2 Å². The molecular formula is C21H29N3O2S. The molecule has 0 unspecified atom stereocenters. The molecule has 1 fully saturated rings. The second-order valence-corrected chi connectivity index (χ2v) is 8.37. The van der Waals surface area contributed by atoms with Crippen LogP contribution in [0.2, 0.25) is 0 Å². The summed E-state index contributed by atoms with van der Waals surface area (Å²) in [5, 5.41) is 4.38. The first-order valence-corrected chi connectivity index (χ1v) is 11.0. The zero-order valence-electron chi connectivity index (χ0n) is 16.2. The number of para-hydroxylation sites is 1. The first-order chi connectivity index (χ1) is 13.1. The van der Waals surface area contributed by atoms with Crippen LogP contribution in [-0.2, 0) is 4.79 Å². The normalized spacial score (nSPS) is 15.0. The van der Waals surface area contributed by atoms with Crippen molar-refractivity contribution in [3.05, 3.63) is 34.6 Å². The van der Waals surface area contributed by atoms with Gasteiger partial charge in [-0.05, 0) is 38.3 Å². The molecule has 1 aliphatic carbocycles. The standard InChI is InChI=1S/C21H29N3O2S/c1-3-4-5-6-9-15(2)22-19(25)14-27-21-23-18-11-8-7-10-17(18)20(26)24(21)16-12-13-16/h7-8,10-11,15-16H,3-6,9,12-14H2,1-2H3,(H,22,25)/t15-/m0/s1. The number of nitrogens with one attached hydrogen (secondary N) is 1. The minimum absolute atomic E-state index is 0.00717. The number of unbranched alkanes of at least 4 members (excludes halogenated alkanes) is 3. The number of fused-ring (bicyclic) bond motifs is 1. The van der Waals surface area contributed by atoms with Crippen LogP contribution >= 0.6 is 11.8 Å². The van der Waals surface area contributed by atoms with Crippen molar-refractivity contribution in [3.8, 4) is 0 Å². The Morgan fingerprint density at radius 3 is 2.81 bits per heavy atom. The van der Waals surface area contributed by atoms with Crippen molar-refractivity contribution in [2.75, 3.05) is 5.75 Å². The summed E-state index contributed by atoms with van der Waals surface area (Å²) in [6.07, 6.45) is 7.87. The largest absolute Gasteiger partial charge is 0.353 e. The molecule has 1 saturated carbocycles. The Kier molecular flexibility index (Phi) is 6.94. The molecule has 0 radical (unpaired) electrons. The molecule has 146 valence electrons. The second-order valence-electron chi connectivity index (χ2n) is 7.42. The van der Waals surface area contributed by atoms with Gasteiger partial charge in [0.05, 0.1) is 16.7 Å². The minimum atomic E-state index is 0.00717. The molecule has 1 aliphatic rings. The van der Waals surface area contributed by atoms with Crippen LogP contribution in [0.3, 0.4) is 0 Å². The first-order valence-electron chi connectivity index (χ1n) is 10.0. The number of rotatable bonds is 10. The van der Waals surface area contributed by atoms with E-state index in [0.29, 0.717) is 16.1 Å². The fourth-order valence-electron chi connectivity index (χ4n) is 3.28.